The van der Waals surface area contributed by atoms with Crippen molar-refractivity contribution in [2.45, 2.75) is 127 Å². The summed E-state index contributed by atoms with van der Waals surface area (Å²) in [6, 6.07) is 0. The Balaban J connectivity index is 1.84. The standard InChI is InChI=1S/C30H50O2/c1-21(2)13-10-17-29(6,7)19-12-20-30(8,9)18-11-14-25-15-16-26-24(5)27(31)22(3)23(4)28(26)32-25/h14,21,31H,10-13,15-20H2,1-9H3/b25-14+. The Hall–Kier alpha value is -1.44. The summed E-state index contributed by atoms with van der Waals surface area (Å²) in [7, 11) is 0. The molecule has 1 aliphatic rings. The molecule has 1 N–H and O–H groups in total. The first-order valence-corrected chi connectivity index (χ1v) is 13.0. The number of phenols is 1. The number of allylic oxidation sites excluding steroid dienone is 2. The van der Waals surface area contributed by atoms with Gasteiger partial charge in [0.25, 0.3) is 0 Å². The van der Waals surface area contributed by atoms with Gasteiger partial charge in [0.05, 0.1) is 0 Å². The average molecular weight is 443 g/mol. The van der Waals surface area contributed by atoms with Crippen LogP contribution in [-0.2, 0) is 6.42 Å². The molecule has 0 bridgehead atoms. The van der Waals surface area contributed by atoms with E-state index in [1.165, 1.54) is 50.5 Å². The lowest BCUT2D eigenvalue weighted by Crippen LogP contribution is -2.16. The van der Waals surface area contributed by atoms with Crippen molar-refractivity contribution in [3.05, 3.63) is 34.1 Å². The van der Waals surface area contributed by atoms with Crippen LogP contribution in [0.1, 0.15) is 122 Å². The summed E-state index contributed by atoms with van der Waals surface area (Å²) >= 11 is 0. The maximum Gasteiger partial charge on any atom is 0.133 e. The molecular formula is C30H50O2. The predicted molar refractivity (Wildman–Crippen MR) is 139 cm³/mol. The highest BCUT2D eigenvalue weighted by atomic mass is 16.5. The van der Waals surface area contributed by atoms with Crippen molar-refractivity contribution >= 4 is 0 Å². The summed E-state index contributed by atoms with van der Waals surface area (Å²) in [6.07, 6.45) is 14.5. The van der Waals surface area contributed by atoms with Gasteiger partial charge in [0, 0.05) is 12.0 Å². The summed E-state index contributed by atoms with van der Waals surface area (Å²) in [5.74, 6) is 3.34. The Bertz CT molecular complexity index is 796. The van der Waals surface area contributed by atoms with Crippen LogP contribution in [0.4, 0.5) is 0 Å². The Kier molecular flexibility index (Phi) is 9.32. The fourth-order valence-electron chi connectivity index (χ4n) is 5.09. The molecule has 1 aromatic rings. The van der Waals surface area contributed by atoms with Gasteiger partial charge in [-0.15, -0.1) is 0 Å². The van der Waals surface area contributed by atoms with Crippen LogP contribution in [0, 0.1) is 37.5 Å². The fourth-order valence-corrected chi connectivity index (χ4v) is 5.09. The van der Waals surface area contributed by atoms with Crippen LogP contribution in [0.2, 0.25) is 0 Å². The molecule has 0 saturated carbocycles. The Morgan fingerprint density at radius 3 is 2.06 bits per heavy atom. The van der Waals surface area contributed by atoms with Gasteiger partial charge in [-0.1, -0.05) is 60.8 Å². The molecule has 2 rings (SSSR count). The average Bonchev–Trinajstić information content (AvgIpc) is 2.69. The lowest BCUT2D eigenvalue weighted by molar-refractivity contribution is 0.238. The molecule has 0 unspecified atom stereocenters. The molecule has 0 atom stereocenters. The second-order valence-corrected chi connectivity index (χ2v) is 12.3. The van der Waals surface area contributed by atoms with E-state index >= 15 is 0 Å². The maximum absolute atomic E-state index is 10.4. The van der Waals surface area contributed by atoms with Gasteiger partial charge in [-0.25, -0.2) is 0 Å². The Labute approximate surface area is 198 Å². The number of phenolic OH excluding ortho intramolecular Hbond substituents is 1. The first kappa shape index (κ1) is 26.8. The van der Waals surface area contributed by atoms with E-state index in [4.69, 9.17) is 4.74 Å². The highest BCUT2D eigenvalue weighted by Gasteiger charge is 2.24. The zero-order valence-corrected chi connectivity index (χ0v) is 22.6. The highest BCUT2D eigenvalue weighted by molar-refractivity contribution is 5.58. The molecule has 0 saturated heterocycles. The predicted octanol–water partition coefficient (Wildman–Crippen LogP) is 9.36. The van der Waals surface area contributed by atoms with Gasteiger partial charge in [0.1, 0.15) is 17.3 Å². The minimum Gasteiger partial charge on any atom is -0.507 e. The summed E-state index contributed by atoms with van der Waals surface area (Å²) < 4.78 is 6.32. The summed E-state index contributed by atoms with van der Waals surface area (Å²) in [6.45, 7) is 20.5. The van der Waals surface area contributed by atoms with Crippen LogP contribution in [0.15, 0.2) is 11.8 Å². The van der Waals surface area contributed by atoms with Crippen molar-refractivity contribution in [3.8, 4) is 11.5 Å². The number of rotatable bonds is 11. The van der Waals surface area contributed by atoms with Crippen molar-refractivity contribution in [2.75, 3.05) is 0 Å². The normalized spacial score (nSPS) is 15.9. The highest BCUT2D eigenvalue weighted by Crippen LogP contribution is 2.42. The van der Waals surface area contributed by atoms with E-state index < -0.39 is 0 Å². The van der Waals surface area contributed by atoms with Gasteiger partial charge in [-0.2, -0.15) is 0 Å². The van der Waals surface area contributed by atoms with E-state index in [0.717, 1.165) is 53.4 Å². The molecular weight excluding hydrogens is 392 g/mol. The number of hydrogen-bond donors (Lipinski definition) is 1. The van der Waals surface area contributed by atoms with E-state index in [2.05, 4.69) is 54.5 Å². The smallest absolute Gasteiger partial charge is 0.133 e. The summed E-state index contributed by atoms with van der Waals surface area (Å²) in [5, 5.41) is 10.4. The van der Waals surface area contributed by atoms with E-state index in [-0.39, 0.29) is 0 Å². The third kappa shape index (κ3) is 7.56. The molecule has 0 radical (unpaired) electrons. The molecule has 0 amide bonds. The minimum absolute atomic E-state index is 0.368. The topological polar surface area (TPSA) is 29.5 Å². The van der Waals surface area contributed by atoms with Crippen molar-refractivity contribution in [1.29, 1.82) is 0 Å². The minimum atomic E-state index is 0.368. The van der Waals surface area contributed by atoms with Crippen LogP contribution in [0.3, 0.4) is 0 Å². The SMILES string of the molecule is Cc1c(C)c2c(c(C)c1O)CC/C(=C\CCC(C)(C)CCCC(C)(C)CCCC(C)C)O2. The second kappa shape index (κ2) is 11.1. The molecule has 182 valence electrons. The molecule has 1 aromatic carbocycles. The summed E-state index contributed by atoms with van der Waals surface area (Å²) in [4.78, 5) is 0. The maximum atomic E-state index is 10.4. The molecule has 1 aliphatic heterocycles. The van der Waals surface area contributed by atoms with Gasteiger partial charge in [-0.05, 0) is 98.8 Å². The largest absolute Gasteiger partial charge is 0.507 e. The van der Waals surface area contributed by atoms with Gasteiger partial charge in [-0.3, -0.25) is 0 Å². The Morgan fingerprint density at radius 1 is 0.844 bits per heavy atom. The first-order chi connectivity index (χ1) is 14.8. The molecule has 32 heavy (non-hydrogen) atoms. The molecule has 0 fully saturated rings. The zero-order valence-electron chi connectivity index (χ0n) is 22.6. The van der Waals surface area contributed by atoms with E-state index in [1.807, 2.05) is 13.8 Å². The number of ether oxygens (including phenoxy) is 1. The van der Waals surface area contributed by atoms with Crippen LogP contribution >= 0.6 is 0 Å². The van der Waals surface area contributed by atoms with Crippen molar-refractivity contribution < 1.29 is 9.84 Å². The molecule has 0 spiro atoms. The van der Waals surface area contributed by atoms with Gasteiger partial charge >= 0.3 is 0 Å². The monoisotopic (exact) mass is 442 g/mol. The lowest BCUT2D eigenvalue weighted by Gasteiger charge is -2.29. The first-order valence-electron chi connectivity index (χ1n) is 13.0. The van der Waals surface area contributed by atoms with Crippen LogP contribution in [0.5, 0.6) is 11.5 Å². The second-order valence-electron chi connectivity index (χ2n) is 12.3. The molecule has 1 heterocycles. The molecule has 0 aliphatic carbocycles. The van der Waals surface area contributed by atoms with Crippen molar-refractivity contribution in [1.82, 2.24) is 0 Å². The van der Waals surface area contributed by atoms with Gasteiger partial charge < -0.3 is 9.84 Å². The molecule has 2 nitrogen and oxygen atoms in total. The third-order valence-corrected chi connectivity index (χ3v) is 7.73. The van der Waals surface area contributed by atoms with Crippen molar-refractivity contribution in [2.24, 2.45) is 16.7 Å². The van der Waals surface area contributed by atoms with Gasteiger partial charge in [0.15, 0.2) is 0 Å². The van der Waals surface area contributed by atoms with E-state index in [1.54, 1.807) is 0 Å². The van der Waals surface area contributed by atoms with E-state index in [9.17, 15) is 5.11 Å². The zero-order chi connectivity index (χ0) is 24.1. The number of fused-ring (bicyclic) bond motifs is 1. The van der Waals surface area contributed by atoms with Crippen LogP contribution in [-0.4, -0.2) is 5.11 Å². The summed E-state index contributed by atoms with van der Waals surface area (Å²) in [5.41, 5.74) is 5.01. The van der Waals surface area contributed by atoms with Gasteiger partial charge in [0.2, 0.25) is 0 Å². The lowest BCUT2D eigenvalue weighted by atomic mass is 9.77. The van der Waals surface area contributed by atoms with Crippen molar-refractivity contribution in [3.63, 3.8) is 0 Å². The van der Waals surface area contributed by atoms with Crippen LogP contribution in [0.25, 0.3) is 0 Å². The van der Waals surface area contributed by atoms with Crippen LogP contribution < -0.4 is 4.74 Å². The molecule has 2 heteroatoms. The number of benzene rings is 1. The quantitative estimate of drug-likeness (QED) is 0.370. The number of aromatic hydroxyl groups is 1. The third-order valence-electron chi connectivity index (χ3n) is 7.73. The van der Waals surface area contributed by atoms with E-state index in [0.29, 0.717) is 16.6 Å². The fraction of sp³-hybridized carbons (Fsp3) is 0.733. The molecule has 0 aromatic heterocycles. The Morgan fingerprint density at radius 2 is 1.44 bits per heavy atom. The number of hydrogen-bond acceptors (Lipinski definition) is 2.